The Bertz CT molecular complexity index is 658. The lowest BCUT2D eigenvalue weighted by atomic mass is 9.66. The van der Waals surface area contributed by atoms with Crippen LogP contribution >= 0.6 is 0 Å². The van der Waals surface area contributed by atoms with Gasteiger partial charge in [0.15, 0.2) is 0 Å². The number of rotatable bonds is 3. The predicted molar refractivity (Wildman–Crippen MR) is 82.1 cm³/mol. The maximum absolute atomic E-state index is 12.7. The van der Waals surface area contributed by atoms with Crippen molar-refractivity contribution in [2.75, 3.05) is 0 Å². The predicted octanol–water partition coefficient (Wildman–Crippen LogP) is 3.36. The van der Waals surface area contributed by atoms with Crippen molar-refractivity contribution < 1.29 is 19.1 Å². The second-order valence-electron chi connectivity index (χ2n) is 6.84. The number of hydrogen-bond donors (Lipinski definition) is 0. The monoisotopic (exact) mass is 300 g/mol. The average molecular weight is 300 g/mol. The first-order valence-corrected chi connectivity index (χ1v) is 7.45. The van der Waals surface area contributed by atoms with Gasteiger partial charge in [0.25, 0.3) is 0 Å². The first-order chi connectivity index (χ1) is 10.3. The fraction of sp³-hybridized carbons (Fsp3) is 0.444. The van der Waals surface area contributed by atoms with Gasteiger partial charge in [0, 0.05) is 5.41 Å². The number of carbonyl (C=O) groups excluding carboxylic acids is 2. The Labute approximate surface area is 130 Å². The Hall–Kier alpha value is -2.10. The van der Waals surface area contributed by atoms with E-state index in [1.165, 1.54) is 0 Å². The highest BCUT2D eigenvalue weighted by Gasteiger charge is 2.76. The fourth-order valence-corrected chi connectivity index (χ4v) is 3.56. The molecular formula is C18H20O4. The molecule has 116 valence electrons. The van der Waals surface area contributed by atoms with Crippen LogP contribution in [0.1, 0.15) is 39.2 Å². The van der Waals surface area contributed by atoms with Gasteiger partial charge in [-0.1, -0.05) is 38.6 Å². The lowest BCUT2D eigenvalue weighted by molar-refractivity contribution is -0.176. The lowest BCUT2D eigenvalue weighted by Gasteiger charge is -2.34. The minimum Gasteiger partial charge on any atom is -0.446 e. The Morgan fingerprint density at radius 2 is 1.86 bits per heavy atom. The van der Waals surface area contributed by atoms with Crippen LogP contribution in [0.5, 0.6) is 5.75 Å². The van der Waals surface area contributed by atoms with Crippen LogP contribution in [0.2, 0.25) is 0 Å². The van der Waals surface area contributed by atoms with E-state index in [1.54, 1.807) is 18.2 Å². The molecule has 2 atom stereocenters. The third-order valence-corrected chi connectivity index (χ3v) is 5.74. The molecule has 1 saturated carbocycles. The maximum Gasteiger partial charge on any atom is 0.356 e. The van der Waals surface area contributed by atoms with Gasteiger partial charge in [-0.05, 0) is 37.5 Å². The van der Waals surface area contributed by atoms with E-state index < -0.39 is 22.4 Å². The van der Waals surface area contributed by atoms with Crippen LogP contribution in [-0.4, -0.2) is 17.5 Å². The highest BCUT2D eigenvalue weighted by atomic mass is 16.6. The van der Waals surface area contributed by atoms with Crippen molar-refractivity contribution in [3.8, 4) is 5.75 Å². The topological polar surface area (TPSA) is 52.6 Å². The third-order valence-electron chi connectivity index (χ3n) is 5.74. The summed E-state index contributed by atoms with van der Waals surface area (Å²) in [6.07, 6.45) is 2.86. The van der Waals surface area contributed by atoms with Gasteiger partial charge in [0.2, 0.25) is 5.60 Å². The van der Waals surface area contributed by atoms with Crippen LogP contribution in [0, 0.1) is 10.8 Å². The first kappa shape index (κ1) is 14.8. The van der Waals surface area contributed by atoms with Crippen molar-refractivity contribution in [1.29, 1.82) is 0 Å². The second-order valence-corrected chi connectivity index (χ2v) is 6.84. The van der Waals surface area contributed by atoms with Crippen LogP contribution in [-0.2, 0) is 14.3 Å². The zero-order valence-electron chi connectivity index (χ0n) is 13.1. The molecule has 0 spiro atoms. The number of fused-ring (bicyclic) bond motifs is 2. The van der Waals surface area contributed by atoms with E-state index in [0.29, 0.717) is 18.6 Å². The van der Waals surface area contributed by atoms with Crippen molar-refractivity contribution in [2.24, 2.45) is 10.8 Å². The fourth-order valence-electron chi connectivity index (χ4n) is 3.56. The highest BCUT2D eigenvalue weighted by Crippen LogP contribution is 2.65. The summed E-state index contributed by atoms with van der Waals surface area (Å²) in [5, 5.41) is 0. The molecule has 2 unspecified atom stereocenters. The van der Waals surface area contributed by atoms with Gasteiger partial charge in [-0.2, -0.15) is 0 Å². The van der Waals surface area contributed by atoms with Crippen LogP contribution in [0.3, 0.4) is 0 Å². The average Bonchev–Trinajstić information content (AvgIpc) is 2.78. The zero-order valence-corrected chi connectivity index (χ0v) is 13.1. The first-order valence-electron chi connectivity index (χ1n) is 7.45. The lowest BCUT2D eigenvalue weighted by Crippen LogP contribution is -2.50. The summed E-state index contributed by atoms with van der Waals surface area (Å²) in [5.41, 5.74) is -1.46. The number of esters is 2. The number of benzene rings is 1. The van der Waals surface area contributed by atoms with Gasteiger partial charge < -0.3 is 9.47 Å². The Morgan fingerprint density at radius 3 is 2.32 bits per heavy atom. The highest BCUT2D eigenvalue weighted by molar-refractivity contribution is 5.94. The quantitative estimate of drug-likeness (QED) is 0.634. The molecule has 1 aliphatic carbocycles. The van der Waals surface area contributed by atoms with E-state index in [2.05, 4.69) is 6.58 Å². The van der Waals surface area contributed by atoms with Crippen LogP contribution in [0.25, 0.3) is 6.08 Å². The summed E-state index contributed by atoms with van der Waals surface area (Å²) >= 11 is 0. The molecule has 2 bridgehead atoms. The molecule has 1 heterocycles. The summed E-state index contributed by atoms with van der Waals surface area (Å²) in [4.78, 5) is 24.9. The van der Waals surface area contributed by atoms with E-state index >= 15 is 0 Å². The molecule has 2 fully saturated rings. The van der Waals surface area contributed by atoms with Crippen molar-refractivity contribution in [1.82, 2.24) is 0 Å². The molecule has 1 aliphatic heterocycles. The zero-order chi connectivity index (χ0) is 16.2. The Balaban J connectivity index is 1.89. The van der Waals surface area contributed by atoms with Crippen molar-refractivity contribution >= 4 is 18.0 Å². The van der Waals surface area contributed by atoms with E-state index in [-0.39, 0.29) is 5.97 Å². The molecule has 0 aromatic heterocycles. The molecule has 4 nitrogen and oxygen atoms in total. The van der Waals surface area contributed by atoms with Crippen molar-refractivity contribution in [3.05, 3.63) is 36.4 Å². The summed E-state index contributed by atoms with van der Waals surface area (Å²) in [6.45, 7) is 9.37. The van der Waals surface area contributed by atoms with E-state index in [1.807, 2.05) is 32.9 Å². The summed E-state index contributed by atoms with van der Waals surface area (Å²) in [7, 11) is 0. The number of ether oxygens (including phenoxy) is 2. The third kappa shape index (κ3) is 1.64. The molecule has 2 aliphatic rings. The van der Waals surface area contributed by atoms with Crippen molar-refractivity contribution in [3.63, 3.8) is 0 Å². The second kappa shape index (κ2) is 4.45. The normalized spacial score (nSPS) is 31.7. The minimum atomic E-state index is -1.18. The van der Waals surface area contributed by atoms with E-state index in [0.717, 1.165) is 5.56 Å². The van der Waals surface area contributed by atoms with Crippen LogP contribution in [0.15, 0.2) is 30.8 Å². The van der Waals surface area contributed by atoms with Gasteiger partial charge in [-0.25, -0.2) is 4.79 Å². The van der Waals surface area contributed by atoms with Gasteiger partial charge >= 0.3 is 11.9 Å². The minimum absolute atomic E-state index is 0.303. The largest absolute Gasteiger partial charge is 0.446 e. The summed E-state index contributed by atoms with van der Waals surface area (Å²) < 4.78 is 11.0. The number of hydrogen-bond acceptors (Lipinski definition) is 4. The molecule has 1 aromatic rings. The Morgan fingerprint density at radius 1 is 1.23 bits per heavy atom. The molecule has 0 radical (unpaired) electrons. The van der Waals surface area contributed by atoms with Crippen LogP contribution < -0.4 is 4.74 Å². The number of carbonyl (C=O) groups is 2. The maximum atomic E-state index is 12.7. The van der Waals surface area contributed by atoms with Crippen molar-refractivity contribution in [2.45, 2.75) is 39.2 Å². The van der Waals surface area contributed by atoms with Gasteiger partial charge in [0.05, 0.1) is 5.41 Å². The van der Waals surface area contributed by atoms with Gasteiger partial charge in [-0.3, -0.25) is 4.79 Å². The smallest absolute Gasteiger partial charge is 0.356 e. The summed E-state index contributed by atoms with van der Waals surface area (Å²) in [5.74, 6) is -0.349. The van der Waals surface area contributed by atoms with Crippen LogP contribution in [0.4, 0.5) is 0 Å². The molecule has 22 heavy (non-hydrogen) atoms. The Kier molecular flexibility index (Phi) is 3.00. The molecule has 4 heteroatoms. The molecule has 1 saturated heterocycles. The molecule has 0 amide bonds. The molecule has 0 N–H and O–H groups in total. The van der Waals surface area contributed by atoms with Gasteiger partial charge in [0.1, 0.15) is 5.75 Å². The molecular weight excluding hydrogens is 280 g/mol. The standard InChI is InChI=1S/C18H20O4/c1-5-12-6-8-13(9-7-12)21-15(20)18-11-10-17(4,14(19)22-18)16(18,2)3/h5-9H,1,10-11H2,2-4H3. The molecule has 3 rings (SSSR count). The van der Waals surface area contributed by atoms with E-state index in [4.69, 9.17) is 9.47 Å². The van der Waals surface area contributed by atoms with E-state index in [9.17, 15) is 9.59 Å². The summed E-state index contributed by atoms with van der Waals surface area (Å²) in [6, 6.07) is 7.06. The SMILES string of the molecule is C=Cc1ccc(OC(=O)C23CCC(C)(C(=O)O2)C3(C)C)cc1. The van der Waals surface area contributed by atoms with Gasteiger partial charge in [-0.15, -0.1) is 0 Å². The molecule has 1 aromatic carbocycles.